The Hall–Kier alpha value is -5.77. The van der Waals surface area contributed by atoms with Crippen molar-refractivity contribution in [2.75, 3.05) is 22.1 Å². The minimum absolute atomic E-state index is 0.0744. The highest BCUT2D eigenvalue weighted by molar-refractivity contribution is 14.1. The van der Waals surface area contributed by atoms with E-state index in [0.717, 1.165) is 33.4 Å². The van der Waals surface area contributed by atoms with E-state index in [1.807, 2.05) is 115 Å². The van der Waals surface area contributed by atoms with Crippen molar-refractivity contribution in [3.63, 3.8) is 0 Å². The van der Waals surface area contributed by atoms with Crippen molar-refractivity contribution in [1.82, 2.24) is 15.2 Å². The summed E-state index contributed by atoms with van der Waals surface area (Å²) in [5.74, 6) is -1.15. The molecule has 10 nitrogen and oxygen atoms in total. The number of hydrogen-bond acceptors (Lipinski definition) is 10. The summed E-state index contributed by atoms with van der Waals surface area (Å²) in [6.45, 7) is 1.98. The fourth-order valence-corrected chi connectivity index (χ4v) is 10.5. The third-order valence-electron chi connectivity index (χ3n) is 10.3. The summed E-state index contributed by atoms with van der Waals surface area (Å²) in [4.78, 5) is 54.1. The number of hydrogen-bond donors (Lipinski definition) is 2. The number of aromatic nitrogens is 1. The summed E-state index contributed by atoms with van der Waals surface area (Å²) in [7, 11) is 0. The number of fused-ring (bicyclic) bond motifs is 1. The van der Waals surface area contributed by atoms with Gasteiger partial charge in [0.1, 0.15) is 35.0 Å². The second-order valence-corrected chi connectivity index (χ2v) is 16.6. The molecular formula is C47H40IN5O5S2. The van der Waals surface area contributed by atoms with Gasteiger partial charge in [0.25, 0.3) is 11.8 Å². The maximum atomic E-state index is 14.2. The Kier molecular flexibility index (Phi) is 12.7. The van der Waals surface area contributed by atoms with Crippen LogP contribution in [-0.4, -0.2) is 61.6 Å². The summed E-state index contributed by atoms with van der Waals surface area (Å²) >= 11 is 5.02. The molecule has 0 unspecified atom stereocenters. The average molecular weight is 946 g/mol. The number of thiazole rings is 1. The Morgan fingerprint density at radius 2 is 1.35 bits per heavy atom. The number of β-lactam (4-membered cyclic amide) rings is 1. The van der Waals surface area contributed by atoms with Crippen molar-refractivity contribution in [2.45, 2.75) is 30.0 Å². The molecular weight excluding hydrogens is 906 g/mol. The van der Waals surface area contributed by atoms with Gasteiger partial charge < -0.3 is 20.2 Å². The number of halogens is 1. The van der Waals surface area contributed by atoms with E-state index in [-0.39, 0.29) is 23.7 Å². The smallest absolute Gasteiger partial charge is 0.356 e. The van der Waals surface area contributed by atoms with Crippen LogP contribution in [-0.2, 0) is 29.5 Å². The standard InChI is InChI=1S/C47H40IN5O5S2/c1-2-57-52-38(37-30-60-46(49-37)51-47(34-22-12-5-13-23-34,35-24-14-6-15-25-35)36-26-16-7-17-27-36)42(54)50-39-43(55)53-40(33(28-48)29-59-44(39)53)45(56)58-41(31-18-8-3-9-19-31)32-20-10-4-11-21-32/h3-27,30,39,41,44H,2,28-29H2,1H3,(H,49,51)(H,50,54)/b52-38-/t39-,44-/m1/s1. The van der Waals surface area contributed by atoms with Gasteiger partial charge in [-0.25, -0.2) is 9.78 Å². The van der Waals surface area contributed by atoms with Crippen LogP contribution in [0.15, 0.2) is 173 Å². The van der Waals surface area contributed by atoms with Crippen LogP contribution >= 0.6 is 45.7 Å². The summed E-state index contributed by atoms with van der Waals surface area (Å²) in [5.41, 5.74) is 4.98. The van der Waals surface area contributed by atoms with Gasteiger partial charge in [-0.15, -0.1) is 23.1 Å². The molecule has 0 bridgehead atoms. The maximum Gasteiger partial charge on any atom is 0.356 e. The van der Waals surface area contributed by atoms with Crippen LogP contribution in [0.1, 0.15) is 46.5 Å². The quantitative estimate of drug-likeness (QED) is 0.0200. The van der Waals surface area contributed by atoms with Crippen LogP contribution in [0.2, 0.25) is 0 Å². The predicted molar refractivity (Wildman–Crippen MR) is 245 cm³/mol. The summed E-state index contributed by atoms with van der Waals surface area (Å²) in [5, 5.41) is 12.6. The molecule has 0 saturated carbocycles. The van der Waals surface area contributed by atoms with E-state index in [1.54, 1.807) is 12.3 Å². The Labute approximate surface area is 370 Å². The molecule has 1 fully saturated rings. The number of carbonyl (C=O) groups is 3. The highest BCUT2D eigenvalue weighted by atomic mass is 127. The predicted octanol–water partition coefficient (Wildman–Crippen LogP) is 8.71. The number of nitrogens with zero attached hydrogens (tertiary/aromatic N) is 3. The molecule has 60 heavy (non-hydrogen) atoms. The number of rotatable bonds is 15. The van der Waals surface area contributed by atoms with Gasteiger partial charge in [0.15, 0.2) is 16.9 Å². The van der Waals surface area contributed by atoms with Crippen LogP contribution in [0.4, 0.5) is 5.13 Å². The molecule has 1 saturated heterocycles. The first-order chi connectivity index (χ1) is 29.4. The average Bonchev–Trinajstić information content (AvgIpc) is 3.77. The third-order valence-corrected chi connectivity index (χ3v) is 13.3. The van der Waals surface area contributed by atoms with Gasteiger partial charge in [-0.3, -0.25) is 14.5 Å². The van der Waals surface area contributed by atoms with Gasteiger partial charge in [-0.05, 0) is 40.3 Å². The largest absolute Gasteiger partial charge is 0.448 e. The normalized spacial score (nSPS) is 16.5. The second-order valence-electron chi connectivity index (χ2n) is 13.9. The minimum Gasteiger partial charge on any atom is -0.448 e. The van der Waals surface area contributed by atoms with Gasteiger partial charge in [-0.1, -0.05) is 179 Å². The third kappa shape index (κ3) is 8.21. The lowest BCUT2D eigenvalue weighted by Gasteiger charge is -2.49. The van der Waals surface area contributed by atoms with Gasteiger partial charge in [0.05, 0.1) is 0 Å². The van der Waals surface area contributed by atoms with Crippen molar-refractivity contribution < 1.29 is 24.0 Å². The number of nitrogens with one attached hydrogen (secondary N) is 2. The molecule has 2 aliphatic heterocycles. The van der Waals surface area contributed by atoms with Crippen molar-refractivity contribution in [2.24, 2.45) is 5.16 Å². The number of carbonyl (C=O) groups excluding carboxylic acids is 3. The van der Waals surface area contributed by atoms with Crippen molar-refractivity contribution in [1.29, 1.82) is 0 Å². The first-order valence-corrected chi connectivity index (χ1v) is 22.8. The minimum atomic E-state index is -0.926. The maximum absolute atomic E-state index is 14.2. The van der Waals surface area contributed by atoms with Crippen LogP contribution in [0.5, 0.6) is 0 Å². The van der Waals surface area contributed by atoms with E-state index in [4.69, 9.17) is 14.6 Å². The molecule has 0 spiro atoms. The molecule has 2 aliphatic rings. The molecule has 0 radical (unpaired) electrons. The zero-order valence-corrected chi connectivity index (χ0v) is 36.2. The highest BCUT2D eigenvalue weighted by Crippen LogP contribution is 2.43. The molecule has 3 heterocycles. The van der Waals surface area contributed by atoms with Gasteiger partial charge in [0.2, 0.25) is 0 Å². The molecule has 2 amide bonds. The van der Waals surface area contributed by atoms with Crippen molar-refractivity contribution in [3.8, 4) is 0 Å². The fourth-order valence-electron chi connectivity index (χ4n) is 7.45. The molecule has 6 aromatic rings. The highest BCUT2D eigenvalue weighted by Gasteiger charge is 2.55. The molecule has 1 aromatic heterocycles. The van der Waals surface area contributed by atoms with Gasteiger partial charge >= 0.3 is 5.97 Å². The zero-order chi connectivity index (χ0) is 41.5. The molecule has 13 heteroatoms. The van der Waals surface area contributed by atoms with E-state index in [9.17, 15) is 14.4 Å². The number of benzene rings is 5. The molecule has 302 valence electrons. The lowest BCUT2D eigenvalue weighted by atomic mass is 9.77. The summed E-state index contributed by atoms with van der Waals surface area (Å²) < 4.78 is 6.76. The zero-order valence-electron chi connectivity index (χ0n) is 32.4. The van der Waals surface area contributed by atoms with E-state index >= 15 is 0 Å². The number of oxime groups is 1. The number of thioether (sulfide) groups is 1. The fraction of sp³-hybridized carbons (Fsp3) is 0.170. The SMILES string of the molecule is CCO/N=C(\C(=O)N[C@@H]1C(=O)N2C(C(=O)OC(c3ccccc3)c3ccccc3)=C(CI)CS[C@H]12)c1csc(NC(c2ccccc2)(c2ccccc2)c2ccccc2)n1. The Morgan fingerprint density at radius 3 is 1.85 bits per heavy atom. The van der Waals surface area contributed by atoms with Gasteiger partial charge in [0, 0.05) is 15.6 Å². The van der Waals surface area contributed by atoms with Crippen LogP contribution in [0, 0.1) is 0 Å². The second kappa shape index (κ2) is 18.7. The first kappa shape index (κ1) is 41.0. The molecule has 2 atom stereocenters. The number of ether oxygens (including phenoxy) is 1. The Balaban J connectivity index is 1.04. The van der Waals surface area contributed by atoms with Crippen molar-refractivity contribution >= 4 is 74.3 Å². The van der Waals surface area contributed by atoms with E-state index in [0.29, 0.717) is 15.3 Å². The van der Waals surface area contributed by atoms with Crippen LogP contribution < -0.4 is 10.6 Å². The Bertz CT molecular complexity index is 2370. The molecule has 8 rings (SSSR count). The molecule has 2 N–H and O–H groups in total. The topological polar surface area (TPSA) is 122 Å². The van der Waals surface area contributed by atoms with Crippen LogP contribution in [0.3, 0.4) is 0 Å². The molecule has 5 aromatic carbocycles. The number of alkyl halides is 1. The lowest BCUT2D eigenvalue weighted by Crippen LogP contribution is -2.71. The van der Waals surface area contributed by atoms with Crippen LogP contribution in [0.25, 0.3) is 0 Å². The van der Waals surface area contributed by atoms with Gasteiger partial charge in [-0.2, -0.15) is 0 Å². The first-order valence-electron chi connectivity index (χ1n) is 19.4. The van der Waals surface area contributed by atoms with E-state index in [1.165, 1.54) is 28.0 Å². The van der Waals surface area contributed by atoms with E-state index in [2.05, 4.69) is 74.8 Å². The van der Waals surface area contributed by atoms with E-state index < -0.39 is 40.8 Å². The molecule has 0 aliphatic carbocycles. The Morgan fingerprint density at radius 1 is 0.833 bits per heavy atom. The number of anilines is 1. The lowest BCUT2D eigenvalue weighted by molar-refractivity contribution is -0.154. The number of amides is 2. The summed E-state index contributed by atoms with van der Waals surface area (Å²) in [6.07, 6.45) is -0.684. The monoisotopic (exact) mass is 945 g/mol. The van der Waals surface area contributed by atoms with Crippen molar-refractivity contribution in [3.05, 3.63) is 202 Å². The summed E-state index contributed by atoms with van der Waals surface area (Å²) in [6, 6.07) is 48.6. The number of esters is 1.